The van der Waals surface area contributed by atoms with Gasteiger partial charge in [-0.05, 0) is 84.7 Å². The Morgan fingerprint density at radius 1 is 1.11 bits per heavy atom. The average Bonchev–Trinajstić information content (AvgIpc) is 2.95. The maximum absolute atomic E-state index is 14.1. The number of carbonyl (C=O) groups is 1. The van der Waals surface area contributed by atoms with Gasteiger partial charge in [-0.25, -0.2) is 0 Å². The van der Waals surface area contributed by atoms with E-state index in [-0.39, 0.29) is 17.4 Å². The molecular formula is C34H42N2O2. The fourth-order valence-corrected chi connectivity index (χ4v) is 7.02. The van der Waals surface area contributed by atoms with Crippen LogP contribution in [0, 0.1) is 11.8 Å². The van der Waals surface area contributed by atoms with Gasteiger partial charge in [-0.3, -0.25) is 9.69 Å². The zero-order chi connectivity index (χ0) is 26.7. The number of methoxy groups -OCH3 is 1. The van der Waals surface area contributed by atoms with E-state index in [1.54, 1.807) is 7.11 Å². The van der Waals surface area contributed by atoms with Crippen LogP contribution < -0.4 is 4.74 Å². The van der Waals surface area contributed by atoms with E-state index in [9.17, 15) is 4.79 Å². The minimum absolute atomic E-state index is 0.0357. The number of likely N-dealkylation sites (tertiary alicyclic amines) is 1. The molecule has 4 heteroatoms. The molecule has 200 valence electrons. The molecule has 0 bridgehead atoms. The molecule has 5 rings (SSSR count). The molecule has 3 aromatic rings. The molecule has 2 aliphatic rings. The van der Waals surface area contributed by atoms with Crippen LogP contribution in [0.3, 0.4) is 0 Å². The Bertz CT molecular complexity index is 1280. The summed E-state index contributed by atoms with van der Waals surface area (Å²) in [5, 5.41) is 2.29. The summed E-state index contributed by atoms with van der Waals surface area (Å²) in [5.74, 6) is 2.03. The molecular weight excluding hydrogens is 468 g/mol. The molecule has 2 fully saturated rings. The van der Waals surface area contributed by atoms with Crippen LogP contribution in [0.1, 0.15) is 55.5 Å². The lowest BCUT2D eigenvalue weighted by Crippen LogP contribution is -2.57. The normalized spacial score (nSPS) is 23.7. The number of carbonyl (C=O) groups excluding carboxylic acids is 1. The molecule has 1 heterocycles. The van der Waals surface area contributed by atoms with Gasteiger partial charge in [-0.15, -0.1) is 6.58 Å². The molecule has 0 spiro atoms. The van der Waals surface area contributed by atoms with Crippen LogP contribution in [0.2, 0.25) is 0 Å². The van der Waals surface area contributed by atoms with Crippen molar-refractivity contribution in [2.45, 2.75) is 51.0 Å². The molecule has 3 atom stereocenters. The van der Waals surface area contributed by atoms with Crippen molar-refractivity contribution in [3.8, 4) is 5.75 Å². The van der Waals surface area contributed by atoms with Gasteiger partial charge >= 0.3 is 0 Å². The highest BCUT2D eigenvalue weighted by Crippen LogP contribution is 2.50. The molecule has 38 heavy (non-hydrogen) atoms. The Labute approximate surface area is 228 Å². The largest absolute Gasteiger partial charge is 0.497 e. The molecule has 0 radical (unpaired) electrons. The zero-order valence-corrected chi connectivity index (χ0v) is 23.2. The first kappa shape index (κ1) is 26.5. The summed E-state index contributed by atoms with van der Waals surface area (Å²) >= 11 is 0. The van der Waals surface area contributed by atoms with E-state index in [0.717, 1.165) is 68.6 Å². The number of fused-ring (bicyclic) bond motifs is 2. The van der Waals surface area contributed by atoms with Crippen molar-refractivity contribution in [3.05, 3.63) is 90.5 Å². The lowest BCUT2D eigenvalue weighted by atomic mass is 9.57. The summed E-state index contributed by atoms with van der Waals surface area (Å²) in [6, 6.07) is 23.4. The summed E-state index contributed by atoms with van der Waals surface area (Å²) in [6.07, 6.45) is 6.28. The topological polar surface area (TPSA) is 32.8 Å². The lowest BCUT2D eigenvalue weighted by molar-refractivity contribution is 0.0138. The summed E-state index contributed by atoms with van der Waals surface area (Å²) in [4.78, 5) is 18.9. The molecule has 1 aliphatic carbocycles. The van der Waals surface area contributed by atoms with E-state index in [2.05, 4.69) is 72.7 Å². The summed E-state index contributed by atoms with van der Waals surface area (Å²) in [5.41, 5.74) is 2.20. The van der Waals surface area contributed by atoms with Gasteiger partial charge in [0.05, 0.1) is 7.11 Å². The van der Waals surface area contributed by atoms with Gasteiger partial charge in [-0.2, -0.15) is 0 Å². The van der Waals surface area contributed by atoms with Crippen LogP contribution in [0.5, 0.6) is 5.75 Å². The summed E-state index contributed by atoms with van der Waals surface area (Å²) < 4.78 is 5.65. The van der Waals surface area contributed by atoms with Crippen molar-refractivity contribution in [2.75, 3.05) is 33.3 Å². The third kappa shape index (κ3) is 5.24. The molecule has 3 aromatic carbocycles. The highest BCUT2D eigenvalue weighted by Gasteiger charge is 2.49. The predicted molar refractivity (Wildman–Crippen MR) is 157 cm³/mol. The minimum Gasteiger partial charge on any atom is -0.497 e. The van der Waals surface area contributed by atoms with E-state index in [4.69, 9.17) is 4.74 Å². The fourth-order valence-electron chi connectivity index (χ4n) is 7.02. The Balaban J connectivity index is 1.49. The number of amides is 1. The van der Waals surface area contributed by atoms with Gasteiger partial charge in [0.15, 0.2) is 0 Å². The number of piperidine rings is 1. The van der Waals surface area contributed by atoms with E-state index in [1.165, 1.54) is 10.9 Å². The van der Waals surface area contributed by atoms with E-state index < -0.39 is 0 Å². The minimum atomic E-state index is 0.0357. The SMILES string of the molecule is C=CCN1CC[C@@]2(c3cccc(OC)c3)C[C@@H](N(CC(C)C)C(=O)c3ccc4ccccc4c3)CC[C@@H]2C1. The number of benzene rings is 3. The lowest BCUT2D eigenvalue weighted by Gasteiger charge is -2.54. The van der Waals surface area contributed by atoms with Crippen LogP contribution >= 0.6 is 0 Å². The number of nitrogens with zero attached hydrogens (tertiary/aromatic N) is 2. The fraction of sp³-hybridized carbons (Fsp3) is 0.441. The molecule has 0 N–H and O–H groups in total. The monoisotopic (exact) mass is 510 g/mol. The van der Waals surface area contributed by atoms with Crippen molar-refractivity contribution in [1.29, 1.82) is 0 Å². The Morgan fingerprint density at radius 3 is 2.68 bits per heavy atom. The van der Waals surface area contributed by atoms with Gasteiger partial charge in [0, 0.05) is 36.7 Å². The van der Waals surface area contributed by atoms with Crippen LogP contribution in [-0.4, -0.2) is 55.0 Å². The average molecular weight is 511 g/mol. The van der Waals surface area contributed by atoms with Crippen molar-refractivity contribution >= 4 is 16.7 Å². The van der Waals surface area contributed by atoms with Gasteiger partial charge in [-0.1, -0.05) is 62.4 Å². The smallest absolute Gasteiger partial charge is 0.254 e. The second kappa shape index (κ2) is 11.3. The van der Waals surface area contributed by atoms with Crippen molar-refractivity contribution in [3.63, 3.8) is 0 Å². The summed E-state index contributed by atoms with van der Waals surface area (Å²) in [7, 11) is 1.75. The number of rotatable bonds is 8. The Hall–Kier alpha value is -3.11. The number of ether oxygens (including phenoxy) is 1. The first-order valence-corrected chi connectivity index (χ1v) is 14.2. The molecule has 1 amide bonds. The third-order valence-electron chi connectivity index (χ3n) is 8.87. The molecule has 0 aromatic heterocycles. The number of hydrogen-bond donors (Lipinski definition) is 0. The van der Waals surface area contributed by atoms with Crippen LogP contribution in [0.4, 0.5) is 0 Å². The number of hydrogen-bond acceptors (Lipinski definition) is 3. The first-order chi connectivity index (χ1) is 18.4. The third-order valence-corrected chi connectivity index (χ3v) is 8.87. The zero-order valence-electron chi connectivity index (χ0n) is 23.2. The molecule has 0 unspecified atom stereocenters. The van der Waals surface area contributed by atoms with Crippen molar-refractivity contribution < 1.29 is 9.53 Å². The van der Waals surface area contributed by atoms with Crippen molar-refractivity contribution in [1.82, 2.24) is 9.80 Å². The second-order valence-corrected chi connectivity index (χ2v) is 11.7. The van der Waals surface area contributed by atoms with E-state index >= 15 is 0 Å². The highest BCUT2D eigenvalue weighted by molar-refractivity contribution is 5.98. The second-order valence-electron chi connectivity index (χ2n) is 11.7. The Morgan fingerprint density at radius 2 is 1.92 bits per heavy atom. The van der Waals surface area contributed by atoms with Gasteiger partial charge in [0.1, 0.15) is 5.75 Å². The first-order valence-electron chi connectivity index (χ1n) is 14.2. The molecule has 1 aliphatic heterocycles. The van der Waals surface area contributed by atoms with Crippen LogP contribution in [-0.2, 0) is 5.41 Å². The molecule has 1 saturated carbocycles. The molecule has 1 saturated heterocycles. The van der Waals surface area contributed by atoms with Crippen LogP contribution in [0.15, 0.2) is 79.4 Å². The maximum atomic E-state index is 14.1. The Kier molecular flexibility index (Phi) is 7.90. The highest BCUT2D eigenvalue weighted by atomic mass is 16.5. The standard InChI is InChI=1S/C34H42N2O2/c1-5-18-35-19-17-34(29-11-8-12-32(21-29)38-4)22-31(16-15-30(34)24-35)36(23-25(2)3)33(37)28-14-13-26-9-6-7-10-27(26)20-28/h5-14,20-21,25,30-31H,1,15-19,22-24H2,2-4H3/t30-,31+,34+/m1/s1. The van der Waals surface area contributed by atoms with Gasteiger partial charge in [0.25, 0.3) is 5.91 Å². The van der Waals surface area contributed by atoms with Crippen molar-refractivity contribution in [2.24, 2.45) is 11.8 Å². The maximum Gasteiger partial charge on any atom is 0.254 e. The van der Waals surface area contributed by atoms with Crippen LogP contribution in [0.25, 0.3) is 10.8 Å². The quantitative estimate of drug-likeness (QED) is 0.308. The van der Waals surface area contributed by atoms with Gasteiger partial charge in [0.2, 0.25) is 0 Å². The van der Waals surface area contributed by atoms with Gasteiger partial charge < -0.3 is 9.64 Å². The predicted octanol–water partition coefficient (Wildman–Crippen LogP) is 6.95. The van der Waals surface area contributed by atoms with E-state index in [1.807, 2.05) is 30.3 Å². The molecule has 4 nitrogen and oxygen atoms in total. The summed E-state index contributed by atoms with van der Waals surface area (Å²) in [6.45, 7) is 12.3. The van der Waals surface area contributed by atoms with E-state index in [0.29, 0.717) is 11.8 Å².